The molecule has 1 heterocycles. The predicted molar refractivity (Wildman–Crippen MR) is 77.5 cm³/mol. The minimum absolute atomic E-state index is 0.147. The molecule has 3 N–H and O–H groups in total. The lowest BCUT2D eigenvalue weighted by Gasteiger charge is -2.32. The van der Waals surface area contributed by atoms with Gasteiger partial charge in [-0.05, 0) is 31.4 Å². The van der Waals surface area contributed by atoms with Crippen molar-refractivity contribution in [3.05, 3.63) is 35.9 Å². The average Bonchev–Trinajstić information content (AvgIpc) is 2.45. The van der Waals surface area contributed by atoms with Crippen molar-refractivity contribution in [1.29, 1.82) is 5.41 Å². The van der Waals surface area contributed by atoms with E-state index in [1.165, 1.54) is 18.4 Å². The van der Waals surface area contributed by atoms with Crippen molar-refractivity contribution in [2.45, 2.75) is 25.4 Å². The number of aryl methyl sites for hydroxylation is 1. The fourth-order valence-electron chi connectivity index (χ4n) is 2.40. The molecule has 1 aromatic carbocycles. The fraction of sp³-hybridized carbons (Fsp3) is 0.533. The Balaban J connectivity index is 1.64. The Morgan fingerprint density at radius 2 is 2.11 bits per heavy atom. The van der Waals surface area contributed by atoms with E-state index in [1.54, 1.807) is 0 Å². The molecule has 1 aliphatic heterocycles. The Morgan fingerprint density at radius 1 is 1.32 bits per heavy atom. The first-order chi connectivity index (χ1) is 9.25. The molecule has 4 heteroatoms. The van der Waals surface area contributed by atoms with Gasteiger partial charge in [-0.3, -0.25) is 10.3 Å². The van der Waals surface area contributed by atoms with E-state index in [-0.39, 0.29) is 11.9 Å². The third-order valence-electron chi connectivity index (χ3n) is 3.53. The lowest BCUT2D eigenvalue weighted by atomic mass is 10.1. The summed E-state index contributed by atoms with van der Waals surface area (Å²) in [5.41, 5.74) is 6.90. The number of rotatable bonds is 6. The minimum Gasteiger partial charge on any atom is -0.385 e. The average molecular weight is 261 g/mol. The van der Waals surface area contributed by atoms with E-state index in [1.807, 2.05) is 0 Å². The summed E-state index contributed by atoms with van der Waals surface area (Å²) in [5.74, 6) is 0.147. The smallest absolute Gasteiger partial charge is 0.127 e. The number of nitrogens with two attached hydrogens (primary N) is 1. The van der Waals surface area contributed by atoms with Crippen molar-refractivity contribution in [2.75, 3.05) is 26.2 Å². The number of unbranched alkanes of at least 4 members (excludes halogenated alkanes) is 1. The SMILES string of the molecule is N=C(N)C1CN(CCCCc2ccccc2)CCO1. The minimum atomic E-state index is -0.206. The molecule has 0 amide bonds. The zero-order valence-corrected chi connectivity index (χ0v) is 11.3. The molecule has 0 aliphatic carbocycles. The lowest BCUT2D eigenvalue weighted by molar-refractivity contribution is 0.00518. The molecule has 1 saturated heterocycles. The van der Waals surface area contributed by atoms with Crippen LogP contribution >= 0.6 is 0 Å². The predicted octanol–water partition coefficient (Wildman–Crippen LogP) is 1.65. The van der Waals surface area contributed by atoms with Crippen LogP contribution in [0.4, 0.5) is 0 Å². The summed E-state index contributed by atoms with van der Waals surface area (Å²) in [6.07, 6.45) is 3.32. The number of nitrogens with zero attached hydrogens (tertiary/aromatic N) is 1. The molecule has 0 aromatic heterocycles. The van der Waals surface area contributed by atoms with Crippen molar-refractivity contribution in [2.24, 2.45) is 5.73 Å². The van der Waals surface area contributed by atoms with Crippen LogP contribution < -0.4 is 5.73 Å². The zero-order chi connectivity index (χ0) is 13.5. The van der Waals surface area contributed by atoms with E-state index in [0.717, 1.165) is 26.1 Å². The van der Waals surface area contributed by atoms with Crippen LogP contribution in [0.2, 0.25) is 0 Å². The van der Waals surface area contributed by atoms with Gasteiger partial charge in [0.15, 0.2) is 0 Å². The van der Waals surface area contributed by atoms with Gasteiger partial charge in [-0.2, -0.15) is 0 Å². The third kappa shape index (κ3) is 4.65. The normalized spacial score (nSPS) is 20.3. The molecule has 2 rings (SSSR count). The monoisotopic (exact) mass is 261 g/mol. The molecule has 1 unspecified atom stereocenters. The summed E-state index contributed by atoms with van der Waals surface area (Å²) in [7, 11) is 0. The molecule has 0 spiro atoms. The van der Waals surface area contributed by atoms with E-state index < -0.39 is 0 Å². The van der Waals surface area contributed by atoms with Crippen molar-refractivity contribution in [1.82, 2.24) is 4.90 Å². The van der Waals surface area contributed by atoms with Gasteiger partial charge in [-0.15, -0.1) is 0 Å². The standard InChI is InChI=1S/C15H23N3O/c16-15(17)14-12-18(10-11-19-14)9-5-4-8-13-6-2-1-3-7-13/h1-3,6-7,14H,4-5,8-12H2,(H3,16,17). The fourth-order valence-corrected chi connectivity index (χ4v) is 2.40. The van der Waals surface area contributed by atoms with Gasteiger partial charge in [-0.25, -0.2) is 0 Å². The van der Waals surface area contributed by atoms with Gasteiger partial charge in [0.25, 0.3) is 0 Å². The molecule has 104 valence electrons. The molecule has 1 aliphatic rings. The molecule has 1 atom stereocenters. The number of nitrogens with one attached hydrogen (secondary N) is 1. The van der Waals surface area contributed by atoms with Gasteiger partial charge < -0.3 is 10.5 Å². The van der Waals surface area contributed by atoms with Crippen LogP contribution in [0.1, 0.15) is 18.4 Å². The Kier molecular flexibility index (Phi) is 5.36. The zero-order valence-electron chi connectivity index (χ0n) is 11.3. The molecule has 4 nitrogen and oxygen atoms in total. The first-order valence-electron chi connectivity index (χ1n) is 6.97. The Hall–Kier alpha value is -1.39. The van der Waals surface area contributed by atoms with E-state index >= 15 is 0 Å². The molecule has 19 heavy (non-hydrogen) atoms. The molecule has 1 fully saturated rings. The molecule has 1 aromatic rings. The van der Waals surface area contributed by atoms with Crippen LogP contribution in [0.15, 0.2) is 30.3 Å². The molecule has 0 saturated carbocycles. The van der Waals surface area contributed by atoms with Crippen LogP contribution in [-0.4, -0.2) is 43.1 Å². The van der Waals surface area contributed by atoms with Crippen molar-refractivity contribution in [3.63, 3.8) is 0 Å². The van der Waals surface area contributed by atoms with E-state index in [0.29, 0.717) is 6.61 Å². The van der Waals surface area contributed by atoms with Crippen LogP contribution in [0.3, 0.4) is 0 Å². The Morgan fingerprint density at radius 3 is 2.84 bits per heavy atom. The summed E-state index contributed by atoms with van der Waals surface area (Å²) in [6.45, 7) is 3.47. The number of amidine groups is 1. The quantitative estimate of drug-likeness (QED) is 0.465. The molecule has 0 bridgehead atoms. The van der Waals surface area contributed by atoms with Gasteiger partial charge in [0.05, 0.1) is 6.61 Å². The van der Waals surface area contributed by atoms with Gasteiger partial charge >= 0.3 is 0 Å². The second-order valence-electron chi connectivity index (χ2n) is 5.06. The number of ether oxygens (including phenoxy) is 1. The van der Waals surface area contributed by atoms with Gasteiger partial charge in [0, 0.05) is 13.1 Å². The van der Waals surface area contributed by atoms with E-state index in [2.05, 4.69) is 35.2 Å². The maximum Gasteiger partial charge on any atom is 0.127 e. The van der Waals surface area contributed by atoms with Crippen molar-refractivity contribution >= 4 is 5.84 Å². The van der Waals surface area contributed by atoms with E-state index in [4.69, 9.17) is 15.9 Å². The maximum atomic E-state index is 7.43. The highest BCUT2D eigenvalue weighted by molar-refractivity contribution is 5.82. The molecular formula is C15H23N3O. The highest BCUT2D eigenvalue weighted by atomic mass is 16.5. The Labute approximate surface area is 115 Å². The second-order valence-corrected chi connectivity index (χ2v) is 5.06. The second kappa shape index (κ2) is 7.26. The summed E-state index contributed by atoms with van der Waals surface area (Å²) in [5, 5.41) is 7.43. The lowest BCUT2D eigenvalue weighted by Crippen LogP contribution is -2.48. The van der Waals surface area contributed by atoms with Gasteiger partial charge in [0.1, 0.15) is 11.9 Å². The van der Waals surface area contributed by atoms with Crippen LogP contribution in [-0.2, 0) is 11.2 Å². The first kappa shape index (κ1) is 14.0. The Bertz CT molecular complexity index is 394. The summed E-state index contributed by atoms with van der Waals surface area (Å²) >= 11 is 0. The highest BCUT2D eigenvalue weighted by Crippen LogP contribution is 2.08. The van der Waals surface area contributed by atoms with Crippen LogP contribution in [0.25, 0.3) is 0 Å². The summed E-state index contributed by atoms with van der Waals surface area (Å²) < 4.78 is 5.45. The molecular weight excluding hydrogens is 238 g/mol. The van der Waals surface area contributed by atoms with Gasteiger partial charge in [-0.1, -0.05) is 30.3 Å². The molecule has 0 radical (unpaired) electrons. The van der Waals surface area contributed by atoms with Gasteiger partial charge in [0.2, 0.25) is 0 Å². The summed E-state index contributed by atoms with van der Waals surface area (Å²) in [4.78, 5) is 2.35. The van der Waals surface area contributed by atoms with Crippen molar-refractivity contribution < 1.29 is 4.74 Å². The third-order valence-corrected chi connectivity index (χ3v) is 3.53. The largest absolute Gasteiger partial charge is 0.385 e. The van der Waals surface area contributed by atoms with Crippen LogP contribution in [0, 0.1) is 5.41 Å². The maximum absolute atomic E-state index is 7.43. The first-order valence-corrected chi connectivity index (χ1v) is 6.97. The number of benzene rings is 1. The van der Waals surface area contributed by atoms with E-state index in [9.17, 15) is 0 Å². The summed E-state index contributed by atoms with van der Waals surface area (Å²) in [6, 6.07) is 10.6. The number of hydrogen-bond acceptors (Lipinski definition) is 3. The number of morpholine rings is 1. The van der Waals surface area contributed by atoms with Crippen LogP contribution in [0.5, 0.6) is 0 Å². The highest BCUT2D eigenvalue weighted by Gasteiger charge is 2.21. The van der Waals surface area contributed by atoms with Crippen molar-refractivity contribution in [3.8, 4) is 0 Å². The topological polar surface area (TPSA) is 62.3 Å². The number of hydrogen-bond donors (Lipinski definition) is 2.